The summed E-state index contributed by atoms with van der Waals surface area (Å²) in [6.07, 6.45) is 3.96. The van der Waals surface area contributed by atoms with Crippen LogP contribution in [0.5, 0.6) is 0 Å². The maximum absolute atomic E-state index is 12.8. The average Bonchev–Trinajstić information content (AvgIpc) is 2.59. The van der Waals surface area contributed by atoms with Crippen molar-refractivity contribution in [1.29, 1.82) is 5.26 Å². The van der Waals surface area contributed by atoms with Crippen molar-refractivity contribution in [3.63, 3.8) is 0 Å². The molecule has 6 nitrogen and oxygen atoms in total. The Bertz CT molecular complexity index is 656. The van der Waals surface area contributed by atoms with Gasteiger partial charge in [-0.3, -0.25) is 4.79 Å². The molecule has 0 radical (unpaired) electrons. The normalized spacial score (nSPS) is 12.1. The molecule has 0 aromatic heterocycles. The van der Waals surface area contributed by atoms with Crippen molar-refractivity contribution in [1.82, 2.24) is 10.6 Å². The lowest BCUT2D eigenvalue weighted by molar-refractivity contribution is -0.141. The summed E-state index contributed by atoms with van der Waals surface area (Å²) >= 11 is 1.47. The number of thioether (sulfide) groups is 1. The Labute approximate surface area is 150 Å². The fourth-order valence-corrected chi connectivity index (χ4v) is 2.39. The van der Waals surface area contributed by atoms with Crippen LogP contribution in [0.2, 0.25) is 0 Å². The van der Waals surface area contributed by atoms with Crippen molar-refractivity contribution < 1.29 is 19.1 Å². The van der Waals surface area contributed by atoms with E-state index in [0.717, 1.165) is 5.56 Å². The Hall–Kier alpha value is -2.53. The van der Waals surface area contributed by atoms with Crippen LogP contribution >= 0.6 is 11.8 Å². The number of aliphatic carboxylic acids is 1. The molecule has 3 N–H and O–H groups in total. The number of carboxylic acids is 1. The van der Waals surface area contributed by atoms with E-state index in [1.165, 1.54) is 30.1 Å². The predicted molar refractivity (Wildman–Crippen MR) is 94.4 cm³/mol. The molecule has 1 aromatic carbocycles. The van der Waals surface area contributed by atoms with E-state index < -0.39 is 17.9 Å². The number of carboxylic acid groups (broad SMARTS) is 1. The number of halogens is 1. The van der Waals surface area contributed by atoms with Gasteiger partial charge in [0.15, 0.2) is 0 Å². The minimum atomic E-state index is -1.14. The molecule has 0 spiro atoms. The summed E-state index contributed by atoms with van der Waals surface area (Å²) in [5.41, 5.74) is 0.711. The summed E-state index contributed by atoms with van der Waals surface area (Å²) in [5, 5.41) is 23.3. The first-order valence-electron chi connectivity index (χ1n) is 7.58. The lowest BCUT2D eigenvalue weighted by atomic mass is 10.1. The Morgan fingerprint density at radius 1 is 1.40 bits per heavy atom. The fraction of sp³-hybridized carbons (Fsp3) is 0.353. The Morgan fingerprint density at radius 3 is 2.64 bits per heavy atom. The number of carbonyl (C=O) groups excluding carboxylic acids is 1. The molecule has 25 heavy (non-hydrogen) atoms. The third-order valence-electron chi connectivity index (χ3n) is 3.30. The van der Waals surface area contributed by atoms with Gasteiger partial charge in [-0.25, -0.2) is 9.18 Å². The third kappa shape index (κ3) is 7.72. The highest BCUT2D eigenvalue weighted by atomic mass is 32.2. The molecular formula is C17H20FN3O3S. The number of benzene rings is 1. The first-order chi connectivity index (χ1) is 12.0. The topological polar surface area (TPSA) is 102 Å². The van der Waals surface area contributed by atoms with E-state index in [2.05, 4.69) is 10.6 Å². The first-order valence-corrected chi connectivity index (χ1v) is 8.98. The van der Waals surface area contributed by atoms with Gasteiger partial charge in [-0.1, -0.05) is 12.1 Å². The Balaban J connectivity index is 2.53. The second-order valence-electron chi connectivity index (χ2n) is 5.15. The fourth-order valence-electron chi connectivity index (χ4n) is 1.92. The van der Waals surface area contributed by atoms with Gasteiger partial charge < -0.3 is 15.7 Å². The van der Waals surface area contributed by atoms with Crippen molar-refractivity contribution in [2.75, 3.05) is 18.6 Å². The van der Waals surface area contributed by atoms with Crippen LogP contribution in [-0.2, 0) is 16.0 Å². The van der Waals surface area contributed by atoms with Crippen LogP contribution in [0.4, 0.5) is 4.39 Å². The zero-order valence-electron chi connectivity index (χ0n) is 13.8. The summed E-state index contributed by atoms with van der Waals surface area (Å²) in [6.45, 7) is 0.443. The van der Waals surface area contributed by atoms with Crippen LogP contribution in [-0.4, -0.2) is 41.6 Å². The van der Waals surface area contributed by atoms with Crippen molar-refractivity contribution in [2.24, 2.45) is 0 Å². The van der Waals surface area contributed by atoms with Crippen molar-refractivity contribution in [3.8, 4) is 6.07 Å². The SMILES string of the molecule is CSCCC(NC(=O)/C(C#N)=C\NCCc1ccc(F)cc1)C(=O)O. The maximum Gasteiger partial charge on any atom is 0.326 e. The van der Waals surface area contributed by atoms with Crippen LogP contribution < -0.4 is 10.6 Å². The molecule has 0 saturated carbocycles. The molecular weight excluding hydrogens is 345 g/mol. The molecule has 1 amide bonds. The Morgan fingerprint density at radius 2 is 2.08 bits per heavy atom. The molecule has 0 heterocycles. The average molecular weight is 365 g/mol. The molecule has 1 unspecified atom stereocenters. The van der Waals surface area contributed by atoms with E-state index >= 15 is 0 Å². The standard InChI is InChI=1S/C17H20FN3O3S/c1-25-9-7-15(17(23)24)21-16(22)13(10-19)11-20-8-6-12-2-4-14(18)5-3-12/h2-5,11,15,20H,6-9H2,1H3,(H,21,22)(H,23,24)/b13-11-. The number of amides is 1. The molecule has 0 saturated heterocycles. The quantitative estimate of drug-likeness (QED) is 0.331. The molecule has 0 fully saturated rings. The maximum atomic E-state index is 12.8. The summed E-state index contributed by atoms with van der Waals surface area (Å²) in [6, 6.07) is 6.75. The van der Waals surface area contributed by atoms with Gasteiger partial charge in [0.05, 0.1) is 0 Å². The van der Waals surface area contributed by atoms with Gasteiger partial charge in [0.25, 0.3) is 5.91 Å². The highest BCUT2D eigenvalue weighted by Crippen LogP contribution is 2.04. The smallest absolute Gasteiger partial charge is 0.326 e. The molecule has 1 aromatic rings. The molecule has 1 atom stereocenters. The number of rotatable bonds is 10. The Kier molecular flexibility index (Phi) is 9.11. The molecule has 0 aliphatic heterocycles. The number of nitrogens with one attached hydrogen (secondary N) is 2. The molecule has 0 bridgehead atoms. The van der Waals surface area contributed by atoms with Gasteiger partial charge in [0.2, 0.25) is 0 Å². The molecule has 8 heteroatoms. The van der Waals surface area contributed by atoms with Gasteiger partial charge in [0.1, 0.15) is 23.5 Å². The highest BCUT2D eigenvalue weighted by Gasteiger charge is 2.21. The van der Waals surface area contributed by atoms with Gasteiger partial charge in [-0.2, -0.15) is 17.0 Å². The molecule has 1 rings (SSSR count). The van der Waals surface area contributed by atoms with Crippen LogP contribution in [0.3, 0.4) is 0 Å². The lowest BCUT2D eigenvalue weighted by Gasteiger charge is -2.13. The predicted octanol–water partition coefficient (Wildman–Crippen LogP) is 1.69. The highest BCUT2D eigenvalue weighted by molar-refractivity contribution is 7.98. The zero-order valence-corrected chi connectivity index (χ0v) is 14.6. The summed E-state index contributed by atoms with van der Waals surface area (Å²) in [5.74, 6) is -1.59. The van der Waals surface area contributed by atoms with E-state index in [1.54, 1.807) is 18.2 Å². The van der Waals surface area contributed by atoms with E-state index in [-0.39, 0.29) is 17.8 Å². The van der Waals surface area contributed by atoms with E-state index in [1.807, 2.05) is 6.26 Å². The number of hydrogen-bond acceptors (Lipinski definition) is 5. The summed E-state index contributed by atoms with van der Waals surface area (Å²) in [4.78, 5) is 23.1. The minimum Gasteiger partial charge on any atom is -0.480 e. The van der Waals surface area contributed by atoms with Gasteiger partial charge >= 0.3 is 5.97 Å². The van der Waals surface area contributed by atoms with Crippen LogP contribution in [0.15, 0.2) is 36.0 Å². The molecule has 134 valence electrons. The third-order valence-corrected chi connectivity index (χ3v) is 3.94. The number of hydrogen-bond donors (Lipinski definition) is 3. The number of carbonyl (C=O) groups is 2. The molecule has 0 aliphatic rings. The second kappa shape index (κ2) is 11.1. The monoisotopic (exact) mass is 365 g/mol. The van der Waals surface area contributed by atoms with Crippen molar-refractivity contribution in [3.05, 3.63) is 47.4 Å². The molecule has 0 aliphatic carbocycles. The summed E-state index contributed by atoms with van der Waals surface area (Å²) in [7, 11) is 0. The number of nitriles is 1. The first kappa shape index (κ1) is 20.5. The second-order valence-corrected chi connectivity index (χ2v) is 6.13. The largest absolute Gasteiger partial charge is 0.480 e. The van der Waals surface area contributed by atoms with Crippen LogP contribution in [0, 0.1) is 17.1 Å². The number of nitrogens with zero attached hydrogens (tertiary/aromatic N) is 1. The van der Waals surface area contributed by atoms with E-state index in [9.17, 15) is 14.0 Å². The van der Waals surface area contributed by atoms with Crippen molar-refractivity contribution in [2.45, 2.75) is 18.9 Å². The summed E-state index contributed by atoms with van der Waals surface area (Å²) < 4.78 is 12.8. The minimum absolute atomic E-state index is 0.200. The van der Waals surface area contributed by atoms with Gasteiger partial charge in [-0.05, 0) is 42.5 Å². The van der Waals surface area contributed by atoms with E-state index in [4.69, 9.17) is 10.4 Å². The zero-order chi connectivity index (χ0) is 18.7. The van der Waals surface area contributed by atoms with Gasteiger partial charge in [-0.15, -0.1) is 0 Å². The van der Waals surface area contributed by atoms with Crippen molar-refractivity contribution >= 4 is 23.6 Å². The lowest BCUT2D eigenvalue weighted by Crippen LogP contribution is -2.41. The van der Waals surface area contributed by atoms with Gasteiger partial charge in [0, 0.05) is 12.7 Å². The van der Waals surface area contributed by atoms with E-state index in [0.29, 0.717) is 18.7 Å². The van der Waals surface area contributed by atoms with Crippen LogP contribution in [0.25, 0.3) is 0 Å². The van der Waals surface area contributed by atoms with Crippen LogP contribution in [0.1, 0.15) is 12.0 Å².